The highest BCUT2D eigenvalue weighted by Gasteiger charge is 2.51. The molecule has 366 valence electrons. The first-order valence-corrected chi connectivity index (χ1v) is 23.7. The number of aromatic nitrogens is 6. The average Bonchev–Trinajstić information content (AvgIpc) is 3.62. The number of anilines is 3. The van der Waals surface area contributed by atoms with E-state index < -0.39 is 47.1 Å². The Kier molecular flexibility index (Phi) is 12.3. The van der Waals surface area contributed by atoms with E-state index >= 15 is 4.39 Å². The summed E-state index contributed by atoms with van der Waals surface area (Å²) >= 11 is 0. The number of benzene rings is 2. The summed E-state index contributed by atoms with van der Waals surface area (Å²) in [6, 6.07) is 13.6. The van der Waals surface area contributed by atoms with E-state index in [-0.39, 0.29) is 71.6 Å². The lowest BCUT2D eigenvalue weighted by atomic mass is 9.92. The normalized spacial score (nSPS) is 21.5. The molecule has 0 radical (unpaired) electrons. The van der Waals surface area contributed by atoms with Gasteiger partial charge in [-0.25, -0.2) is 14.4 Å². The van der Waals surface area contributed by atoms with Crippen molar-refractivity contribution in [2.45, 2.75) is 94.9 Å². The largest absolute Gasteiger partial charge is 0.401 e. The van der Waals surface area contributed by atoms with Crippen molar-refractivity contribution < 1.29 is 41.5 Å². The summed E-state index contributed by atoms with van der Waals surface area (Å²) < 4.78 is 57.6. The lowest BCUT2D eigenvalue weighted by Gasteiger charge is -2.38. The number of nitrogens with zero attached hydrogens (tertiary/aromatic N) is 8. The topological polar surface area (TPSA) is 203 Å². The first-order chi connectivity index (χ1) is 33.5. The van der Waals surface area contributed by atoms with Gasteiger partial charge in [0.25, 0.3) is 11.8 Å². The molecule has 0 bridgehead atoms. The Morgan fingerprint density at radius 3 is 2.27 bits per heavy atom. The smallest absolute Gasteiger partial charge is 0.369 e. The molecule has 17 nitrogen and oxygen atoms in total. The molecule has 1 aliphatic carbocycles. The molecule has 7 heterocycles. The third-order valence-electron chi connectivity index (χ3n) is 14.6. The van der Waals surface area contributed by atoms with E-state index in [2.05, 4.69) is 46.1 Å². The minimum absolute atomic E-state index is 0.0102. The number of fused-ring (bicyclic) bond motifs is 1. The van der Waals surface area contributed by atoms with Crippen molar-refractivity contribution in [1.29, 1.82) is 0 Å². The molecule has 3 atom stereocenters. The van der Waals surface area contributed by atoms with Crippen molar-refractivity contribution in [2.75, 3.05) is 42.9 Å². The van der Waals surface area contributed by atoms with E-state index in [9.17, 15) is 37.1 Å². The number of amides is 5. The molecule has 10 rings (SSSR count). The van der Waals surface area contributed by atoms with Gasteiger partial charge in [0.2, 0.25) is 17.7 Å². The number of carbonyl (C=O) groups excluding carboxylic acids is 5. The summed E-state index contributed by atoms with van der Waals surface area (Å²) in [5, 5.41) is 19.2. The maximum atomic E-state index is 15.5. The second kappa shape index (κ2) is 18.4. The summed E-state index contributed by atoms with van der Waals surface area (Å²) in [6.45, 7) is 5.98. The third-order valence-corrected chi connectivity index (χ3v) is 14.6. The standard InChI is InChI=1S/C49H52F4N12O5/c1-48(2,49(51,52)53)47-58-41(60-61-47)24-55-43(67)34-19-33(34)29-5-3-28(4-6-29)30-7-9-40(54-22-30)57-31-23-56-64(26-31)32-13-15-62(16-14-32)25-27-11-17-63(18-12-27)39-21-36-35(20-37(39)50)45(69)65(46(36)70)38-8-10-42(66)59-44(38)68/h3-7,9,20-23,26-27,32-34,38H,8,10-19,24-25H2,1-2H3,(H,54,57)(H,55,67)(H,58,60,61)(H,59,66,68)/t33-,34+,38?/m1/s1. The monoisotopic (exact) mass is 964 g/mol. The number of H-pyrrole nitrogens is 1. The van der Waals surface area contributed by atoms with Crippen LogP contribution >= 0.6 is 0 Å². The van der Waals surface area contributed by atoms with Crippen LogP contribution in [0.25, 0.3) is 11.1 Å². The van der Waals surface area contributed by atoms with E-state index in [0.29, 0.717) is 31.2 Å². The van der Waals surface area contributed by atoms with Crippen LogP contribution in [0.4, 0.5) is 34.8 Å². The molecule has 5 amide bonds. The van der Waals surface area contributed by atoms with Gasteiger partial charge in [-0.3, -0.25) is 44.0 Å². The van der Waals surface area contributed by atoms with Crippen molar-refractivity contribution in [3.8, 4) is 11.1 Å². The lowest BCUT2D eigenvalue weighted by Crippen LogP contribution is -2.54. The zero-order valence-corrected chi connectivity index (χ0v) is 38.6. The number of nitrogens with one attached hydrogen (secondary N) is 4. The number of halogens is 4. The fourth-order valence-corrected chi connectivity index (χ4v) is 10.1. The fourth-order valence-electron chi connectivity index (χ4n) is 10.1. The van der Waals surface area contributed by atoms with Crippen molar-refractivity contribution in [1.82, 2.24) is 50.4 Å². The Morgan fingerprint density at radius 1 is 0.871 bits per heavy atom. The molecule has 21 heteroatoms. The SMILES string of the molecule is CC(C)(c1n[nH]c(CNC(=O)[C@H]2C[C@@H]2c2ccc(-c3ccc(Nc4cnn(C5CCN(CC6CCN(c7cc8c(cc7F)C(=O)N(C7CCC(=O)NC7=O)C8=O)CC6)CC5)c4)nc3)cc2)n1)C(F)(F)F. The van der Waals surface area contributed by atoms with Crippen molar-refractivity contribution in [3.63, 3.8) is 0 Å². The van der Waals surface area contributed by atoms with Gasteiger partial charge in [-0.15, -0.1) is 0 Å². The van der Waals surface area contributed by atoms with Gasteiger partial charge in [0.1, 0.15) is 28.9 Å². The summed E-state index contributed by atoms with van der Waals surface area (Å²) in [4.78, 5) is 77.3. The zero-order chi connectivity index (χ0) is 49.1. The average molecular weight is 965 g/mol. The predicted molar refractivity (Wildman–Crippen MR) is 246 cm³/mol. The fraction of sp³-hybridized carbons (Fsp3) is 0.449. The van der Waals surface area contributed by atoms with Crippen molar-refractivity contribution >= 4 is 46.7 Å². The van der Waals surface area contributed by atoms with Crippen LogP contribution in [-0.4, -0.2) is 114 Å². The summed E-state index contributed by atoms with van der Waals surface area (Å²) in [6.07, 6.45) is 5.41. The number of piperidine rings is 3. The molecule has 1 saturated carbocycles. The maximum absolute atomic E-state index is 15.5. The van der Waals surface area contributed by atoms with E-state index in [0.717, 1.165) is 92.5 Å². The number of aromatic amines is 1. The molecule has 4 N–H and O–H groups in total. The molecule has 4 fully saturated rings. The van der Waals surface area contributed by atoms with Gasteiger partial charge in [-0.1, -0.05) is 24.3 Å². The second-order valence-electron chi connectivity index (χ2n) is 19.5. The Hall–Kier alpha value is -7.03. The van der Waals surface area contributed by atoms with E-state index in [1.54, 1.807) is 12.4 Å². The van der Waals surface area contributed by atoms with Gasteiger partial charge in [-0.2, -0.15) is 23.4 Å². The minimum atomic E-state index is -4.51. The van der Waals surface area contributed by atoms with Gasteiger partial charge >= 0.3 is 6.18 Å². The van der Waals surface area contributed by atoms with E-state index in [4.69, 9.17) is 0 Å². The van der Waals surface area contributed by atoms with Crippen LogP contribution in [-0.2, 0) is 26.3 Å². The van der Waals surface area contributed by atoms with Crippen LogP contribution in [0, 0.1) is 17.7 Å². The lowest BCUT2D eigenvalue weighted by molar-refractivity contribution is -0.182. The zero-order valence-electron chi connectivity index (χ0n) is 38.6. The van der Waals surface area contributed by atoms with Crippen LogP contribution < -0.4 is 20.9 Å². The first-order valence-electron chi connectivity index (χ1n) is 23.7. The molecule has 3 saturated heterocycles. The van der Waals surface area contributed by atoms with Crippen LogP contribution in [0.15, 0.2) is 67.1 Å². The van der Waals surface area contributed by atoms with Crippen molar-refractivity contribution in [2.24, 2.45) is 11.8 Å². The summed E-state index contributed by atoms with van der Waals surface area (Å²) in [5.41, 5.74) is 1.83. The molecular formula is C49H52F4N12O5. The number of imide groups is 2. The summed E-state index contributed by atoms with van der Waals surface area (Å²) in [7, 11) is 0. The number of rotatable bonds is 13. The minimum Gasteiger partial charge on any atom is -0.369 e. The maximum Gasteiger partial charge on any atom is 0.401 e. The number of hydrogen-bond donors (Lipinski definition) is 4. The predicted octanol–water partition coefficient (Wildman–Crippen LogP) is 6.16. The number of likely N-dealkylation sites (tertiary alicyclic amines) is 1. The molecule has 0 spiro atoms. The molecule has 70 heavy (non-hydrogen) atoms. The van der Waals surface area contributed by atoms with Crippen molar-refractivity contribution in [3.05, 3.63) is 101 Å². The molecule has 1 unspecified atom stereocenters. The Balaban J connectivity index is 0.650. The van der Waals surface area contributed by atoms with Gasteiger partial charge < -0.3 is 20.4 Å². The first kappa shape index (κ1) is 46.7. The van der Waals surface area contributed by atoms with Gasteiger partial charge in [0, 0.05) is 63.0 Å². The van der Waals surface area contributed by atoms with Gasteiger partial charge in [-0.05, 0) is 99.6 Å². The number of hydrogen-bond acceptors (Lipinski definition) is 12. The summed E-state index contributed by atoms with van der Waals surface area (Å²) in [5.74, 6) is -2.60. The van der Waals surface area contributed by atoms with Crippen LogP contribution in [0.1, 0.15) is 109 Å². The number of alkyl halides is 3. The number of carbonyl (C=O) groups is 5. The van der Waals surface area contributed by atoms with Crippen LogP contribution in [0.2, 0.25) is 0 Å². The highest BCUT2D eigenvalue weighted by atomic mass is 19.4. The Labute approximate surface area is 399 Å². The second-order valence-corrected chi connectivity index (χ2v) is 19.5. The van der Waals surface area contributed by atoms with Crippen LogP contribution in [0.5, 0.6) is 0 Å². The Morgan fingerprint density at radius 2 is 1.59 bits per heavy atom. The van der Waals surface area contributed by atoms with Gasteiger partial charge in [0.15, 0.2) is 5.82 Å². The molecule has 4 aliphatic heterocycles. The van der Waals surface area contributed by atoms with E-state index in [1.807, 2.05) is 52.2 Å². The highest BCUT2D eigenvalue weighted by molar-refractivity contribution is 6.23. The molecular weight excluding hydrogens is 913 g/mol. The molecule has 3 aromatic heterocycles. The molecule has 5 aromatic rings. The van der Waals surface area contributed by atoms with Crippen LogP contribution in [0.3, 0.4) is 0 Å². The molecule has 2 aromatic carbocycles. The van der Waals surface area contributed by atoms with Gasteiger partial charge in [0.05, 0.1) is 41.3 Å². The van der Waals surface area contributed by atoms with E-state index in [1.165, 1.54) is 6.07 Å². The Bertz CT molecular complexity index is 2830. The number of pyridine rings is 1. The third kappa shape index (κ3) is 9.25. The quantitative estimate of drug-likeness (QED) is 0.0775. The highest BCUT2D eigenvalue weighted by Crippen LogP contribution is 2.48. The molecule has 5 aliphatic rings.